The molecular formula is C22H24N4O3. The molecule has 0 spiro atoms. The number of aliphatic hydroxyl groups is 1. The van der Waals surface area contributed by atoms with Crippen molar-refractivity contribution in [3.63, 3.8) is 0 Å². The van der Waals surface area contributed by atoms with Gasteiger partial charge in [-0.1, -0.05) is 12.1 Å². The monoisotopic (exact) mass is 392 g/mol. The van der Waals surface area contributed by atoms with Crippen LogP contribution in [0, 0.1) is 16.0 Å². The molecule has 7 nitrogen and oxygen atoms in total. The molecule has 2 heterocycles. The lowest BCUT2D eigenvalue weighted by Gasteiger charge is -2.33. The lowest BCUT2D eigenvalue weighted by molar-refractivity contribution is -0.383. The van der Waals surface area contributed by atoms with Crippen LogP contribution in [-0.4, -0.2) is 34.7 Å². The molecule has 4 rings (SSSR count). The SMILES string of the molecule is O=[N+]([O-])c1ccc(NCc2ccc(N3CCC(CO)CC3)cc2)c2ccncc12. The molecule has 2 N–H and O–H groups in total. The number of nitro groups is 1. The first-order valence-electron chi connectivity index (χ1n) is 9.85. The Morgan fingerprint density at radius 2 is 1.86 bits per heavy atom. The second kappa shape index (κ2) is 8.45. The van der Waals surface area contributed by atoms with Crippen LogP contribution in [-0.2, 0) is 6.54 Å². The number of anilines is 2. The fourth-order valence-electron chi connectivity index (χ4n) is 3.88. The highest BCUT2D eigenvalue weighted by Crippen LogP contribution is 2.31. The Morgan fingerprint density at radius 3 is 2.55 bits per heavy atom. The highest BCUT2D eigenvalue weighted by atomic mass is 16.6. The van der Waals surface area contributed by atoms with Gasteiger partial charge in [0.25, 0.3) is 5.69 Å². The average molecular weight is 392 g/mol. The second-order valence-electron chi connectivity index (χ2n) is 7.44. The van der Waals surface area contributed by atoms with E-state index in [1.807, 2.05) is 0 Å². The van der Waals surface area contributed by atoms with Gasteiger partial charge in [0.2, 0.25) is 0 Å². The number of benzene rings is 2. The van der Waals surface area contributed by atoms with Crippen LogP contribution >= 0.6 is 0 Å². The van der Waals surface area contributed by atoms with Gasteiger partial charge < -0.3 is 15.3 Å². The number of hydrogen-bond acceptors (Lipinski definition) is 6. The van der Waals surface area contributed by atoms with Crippen molar-refractivity contribution >= 4 is 27.8 Å². The van der Waals surface area contributed by atoms with Crippen molar-refractivity contribution in [2.24, 2.45) is 5.92 Å². The van der Waals surface area contributed by atoms with Crippen molar-refractivity contribution < 1.29 is 10.0 Å². The summed E-state index contributed by atoms with van der Waals surface area (Å²) in [6.45, 7) is 2.87. The number of piperidine rings is 1. The zero-order chi connectivity index (χ0) is 20.2. The van der Waals surface area contributed by atoms with Gasteiger partial charge in [-0.3, -0.25) is 15.1 Å². The molecule has 29 heavy (non-hydrogen) atoms. The maximum atomic E-state index is 11.2. The summed E-state index contributed by atoms with van der Waals surface area (Å²) in [6, 6.07) is 13.5. The fraction of sp³-hybridized carbons (Fsp3) is 0.318. The van der Waals surface area contributed by atoms with Crippen LogP contribution in [0.1, 0.15) is 18.4 Å². The maximum Gasteiger partial charge on any atom is 0.278 e. The van der Waals surface area contributed by atoms with Crippen molar-refractivity contribution in [2.75, 3.05) is 29.9 Å². The van der Waals surface area contributed by atoms with Crippen molar-refractivity contribution in [1.82, 2.24) is 4.98 Å². The fourth-order valence-corrected chi connectivity index (χ4v) is 3.88. The molecule has 0 aliphatic carbocycles. The van der Waals surface area contributed by atoms with Crippen LogP contribution < -0.4 is 10.2 Å². The van der Waals surface area contributed by atoms with E-state index in [1.54, 1.807) is 18.3 Å². The van der Waals surface area contributed by atoms with Gasteiger partial charge in [-0.15, -0.1) is 0 Å². The Morgan fingerprint density at radius 1 is 1.10 bits per heavy atom. The van der Waals surface area contributed by atoms with Gasteiger partial charge in [-0.2, -0.15) is 0 Å². The molecule has 1 aliphatic heterocycles. The van der Waals surface area contributed by atoms with E-state index in [4.69, 9.17) is 0 Å². The molecule has 1 fully saturated rings. The first kappa shape index (κ1) is 19.1. The number of aliphatic hydroxyl groups excluding tert-OH is 1. The van der Waals surface area contributed by atoms with Crippen LogP contribution in [0.2, 0.25) is 0 Å². The van der Waals surface area contributed by atoms with Gasteiger partial charge in [0.05, 0.1) is 10.3 Å². The molecule has 2 aromatic carbocycles. The standard InChI is InChI=1S/C22H24N4O3/c27-15-17-8-11-25(12-9-17)18-3-1-16(2-4-18)13-24-21-5-6-22(26(28)29)20-14-23-10-7-19(20)21/h1-7,10,14,17,24,27H,8-9,11-13,15H2. The summed E-state index contributed by atoms with van der Waals surface area (Å²) in [5.41, 5.74) is 3.26. The lowest BCUT2D eigenvalue weighted by Crippen LogP contribution is -2.34. The molecule has 7 heteroatoms. The van der Waals surface area contributed by atoms with Crippen LogP contribution in [0.15, 0.2) is 54.9 Å². The minimum absolute atomic E-state index is 0.0629. The van der Waals surface area contributed by atoms with E-state index >= 15 is 0 Å². The summed E-state index contributed by atoms with van der Waals surface area (Å²) >= 11 is 0. The molecule has 3 aromatic rings. The van der Waals surface area contributed by atoms with E-state index in [-0.39, 0.29) is 17.2 Å². The molecule has 1 aliphatic rings. The average Bonchev–Trinajstić information content (AvgIpc) is 2.77. The van der Waals surface area contributed by atoms with Crippen molar-refractivity contribution in [3.05, 3.63) is 70.5 Å². The molecule has 1 aromatic heterocycles. The summed E-state index contributed by atoms with van der Waals surface area (Å²) in [4.78, 5) is 17.3. The van der Waals surface area contributed by atoms with Gasteiger partial charge >= 0.3 is 0 Å². The summed E-state index contributed by atoms with van der Waals surface area (Å²) in [7, 11) is 0. The highest BCUT2D eigenvalue weighted by Gasteiger charge is 2.18. The lowest BCUT2D eigenvalue weighted by atomic mass is 9.97. The van der Waals surface area contributed by atoms with Crippen LogP contribution in [0.25, 0.3) is 10.8 Å². The van der Waals surface area contributed by atoms with Crippen molar-refractivity contribution in [1.29, 1.82) is 0 Å². The van der Waals surface area contributed by atoms with Gasteiger partial charge in [0.1, 0.15) is 0 Å². The van der Waals surface area contributed by atoms with E-state index in [1.165, 1.54) is 18.0 Å². The minimum atomic E-state index is -0.379. The normalized spacial score (nSPS) is 14.9. The smallest absolute Gasteiger partial charge is 0.278 e. The first-order valence-corrected chi connectivity index (χ1v) is 9.85. The van der Waals surface area contributed by atoms with E-state index in [0.717, 1.165) is 42.6 Å². The number of non-ortho nitro benzene ring substituents is 1. The van der Waals surface area contributed by atoms with E-state index in [0.29, 0.717) is 17.8 Å². The molecule has 1 saturated heterocycles. The molecule has 0 saturated carbocycles. The molecule has 0 amide bonds. The second-order valence-corrected chi connectivity index (χ2v) is 7.44. The Bertz CT molecular complexity index is 999. The molecule has 0 bridgehead atoms. The Hall–Kier alpha value is -3.19. The third-order valence-electron chi connectivity index (χ3n) is 5.65. The number of nitro benzene ring substituents is 1. The van der Waals surface area contributed by atoms with Crippen LogP contribution in [0.3, 0.4) is 0 Å². The number of nitrogens with one attached hydrogen (secondary N) is 1. The predicted octanol–water partition coefficient (Wildman–Crippen LogP) is 3.96. The Labute approximate surface area is 169 Å². The van der Waals surface area contributed by atoms with Gasteiger partial charge in [-0.05, 0) is 48.6 Å². The van der Waals surface area contributed by atoms with Crippen molar-refractivity contribution in [2.45, 2.75) is 19.4 Å². The molecule has 0 unspecified atom stereocenters. The quantitative estimate of drug-likeness (QED) is 0.487. The zero-order valence-electron chi connectivity index (χ0n) is 16.1. The Balaban J connectivity index is 1.45. The first-order chi connectivity index (χ1) is 14.2. The highest BCUT2D eigenvalue weighted by molar-refractivity contribution is 5.99. The summed E-state index contributed by atoms with van der Waals surface area (Å²) < 4.78 is 0. The molecular weight excluding hydrogens is 368 g/mol. The number of fused-ring (bicyclic) bond motifs is 1. The van der Waals surface area contributed by atoms with E-state index < -0.39 is 0 Å². The molecule has 0 radical (unpaired) electrons. The predicted molar refractivity (Wildman–Crippen MR) is 114 cm³/mol. The molecule has 0 atom stereocenters. The number of aromatic nitrogens is 1. The zero-order valence-corrected chi connectivity index (χ0v) is 16.1. The summed E-state index contributed by atoms with van der Waals surface area (Å²) in [5.74, 6) is 0.432. The Kier molecular flexibility index (Phi) is 5.57. The third kappa shape index (κ3) is 4.14. The van der Waals surface area contributed by atoms with E-state index in [9.17, 15) is 15.2 Å². The van der Waals surface area contributed by atoms with E-state index in [2.05, 4.69) is 39.5 Å². The van der Waals surface area contributed by atoms with Crippen LogP contribution in [0.4, 0.5) is 17.1 Å². The largest absolute Gasteiger partial charge is 0.396 e. The minimum Gasteiger partial charge on any atom is -0.396 e. The van der Waals surface area contributed by atoms with Gasteiger partial charge in [0, 0.05) is 61.5 Å². The molecule has 150 valence electrons. The third-order valence-corrected chi connectivity index (χ3v) is 5.65. The number of nitrogens with zero attached hydrogens (tertiary/aromatic N) is 3. The summed E-state index contributed by atoms with van der Waals surface area (Å²) in [6.07, 6.45) is 5.24. The summed E-state index contributed by atoms with van der Waals surface area (Å²) in [5, 5.41) is 25.2. The number of pyridine rings is 1. The van der Waals surface area contributed by atoms with Crippen LogP contribution in [0.5, 0.6) is 0 Å². The topological polar surface area (TPSA) is 91.5 Å². The number of rotatable bonds is 6. The van der Waals surface area contributed by atoms with Gasteiger partial charge in [-0.25, -0.2) is 0 Å². The van der Waals surface area contributed by atoms with Gasteiger partial charge in [0.15, 0.2) is 0 Å². The number of hydrogen-bond donors (Lipinski definition) is 2. The maximum absolute atomic E-state index is 11.2. The van der Waals surface area contributed by atoms with Crippen molar-refractivity contribution in [3.8, 4) is 0 Å².